The summed E-state index contributed by atoms with van der Waals surface area (Å²) >= 11 is 0. The number of nitrogens with one attached hydrogen (secondary N) is 1. The minimum Gasteiger partial charge on any atom is -0.465 e. The molecular formula is C17H33NO2. The van der Waals surface area contributed by atoms with Gasteiger partial charge in [0, 0.05) is 6.04 Å². The molecule has 20 heavy (non-hydrogen) atoms. The maximum atomic E-state index is 12.5. The third kappa shape index (κ3) is 4.47. The molecule has 1 N–H and O–H groups in total. The second-order valence-corrected chi connectivity index (χ2v) is 6.69. The molecule has 3 nitrogen and oxygen atoms in total. The van der Waals surface area contributed by atoms with Crippen molar-refractivity contribution in [2.24, 2.45) is 11.8 Å². The van der Waals surface area contributed by atoms with Crippen molar-refractivity contribution in [1.29, 1.82) is 0 Å². The van der Waals surface area contributed by atoms with Crippen LogP contribution in [0.5, 0.6) is 0 Å². The number of carbonyl (C=O) groups excluding carboxylic acids is 1. The van der Waals surface area contributed by atoms with Crippen LogP contribution in [-0.4, -0.2) is 24.2 Å². The summed E-state index contributed by atoms with van der Waals surface area (Å²) in [5, 5.41) is 3.59. The van der Waals surface area contributed by atoms with E-state index in [1.807, 2.05) is 6.92 Å². The molecule has 3 unspecified atom stereocenters. The molecule has 1 aliphatic rings. The number of hydrogen-bond acceptors (Lipinski definition) is 3. The van der Waals surface area contributed by atoms with E-state index < -0.39 is 5.54 Å². The van der Waals surface area contributed by atoms with Crippen molar-refractivity contribution in [3.63, 3.8) is 0 Å². The maximum Gasteiger partial charge on any atom is 0.326 e. The molecule has 1 fully saturated rings. The Kier molecular flexibility index (Phi) is 7.01. The molecule has 0 heterocycles. The van der Waals surface area contributed by atoms with Crippen molar-refractivity contribution < 1.29 is 9.53 Å². The van der Waals surface area contributed by atoms with Crippen molar-refractivity contribution in [1.82, 2.24) is 5.32 Å². The Balaban J connectivity index is 2.84. The highest BCUT2D eigenvalue weighted by atomic mass is 16.5. The fraction of sp³-hybridized carbons (Fsp3) is 0.941. The van der Waals surface area contributed by atoms with Crippen LogP contribution in [0, 0.1) is 11.8 Å². The second-order valence-electron chi connectivity index (χ2n) is 6.69. The molecule has 0 bridgehead atoms. The molecule has 0 aromatic carbocycles. The van der Waals surface area contributed by atoms with Crippen LogP contribution in [0.3, 0.4) is 0 Å². The lowest BCUT2D eigenvalue weighted by molar-refractivity contribution is -0.152. The van der Waals surface area contributed by atoms with Crippen molar-refractivity contribution in [3.8, 4) is 0 Å². The van der Waals surface area contributed by atoms with Gasteiger partial charge in [0.25, 0.3) is 0 Å². The van der Waals surface area contributed by atoms with Gasteiger partial charge in [0.2, 0.25) is 0 Å². The smallest absolute Gasteiger partial charge is 0.326 e. The van der Waals surface area contributed by atoms with Gasteiger partial charge in [0.1, 0.15) is 5.54 Å². The van der Waals surface area contributed by atoms with Crippen molar-refractivity contribution in [3.05, 3.63) is 0 Å². The monoisotopic (exact) mass is 283 g/mol. The van der Waals surface area contributed by atoms with E-state index in [-0.39, 0.29) is 5.97 Å². The van der Waals surface area contributed by atoms with Gasteiger partial charge < -0.3 is 4.74 Å². The summed E-state index contributed by atoms with van der Waals surface area (Å²) in [6, 6.07) is 0.356. The molecule has 3 heteroatoms. The van der Waals surface area contributed by atoms with Crippen LogP contribution in [0.15, 0.2) is 0 Å². The molecule has 0 aromatic heterocycles. The van der Waals surface area contributed by atoms with Gasteiger partial charge >= 0.3 is 5.97 Å². The Morgan fingerprint density at radius 1 is 1.25 bits per heavy atom. The van der Waals surface area contributed by atoms with Crippen molar-refractivity contribution >= 4 is 5.97 Å². The molecule has 0 spiro atoms. The van der Waals surface area contributed by atoms with E-state index in [2.05, 4.69) is 33.0 Å². The predicted octanol–water partition coefficient (Wildman–Crippen LogP) is 3.91. The first-order valence-corrected chi connectivity index (χ1v) is 8.40. The number of rotatable bonds is 6. The Morgan fingerprint density at radius 3 is 2.50 bits per heavy atom. The third-order valence-electron chi connectivity index (χ3n) is 4.86. The van der Waals surface area contributed by atoms with E-state index in [0.717, 1.165) is 38.0 Å². The maximum absolute atomic E-state index is 12.5. The SMILES string of the molecule is CCOC(=O)C1(NC(C)CC)CCCC(C(C)C)CC1. The second kappa shape index (κ2) is 8.02. The van der Waals surface area contributed by atoms with E-state index in [9.17, 15) is 4.79 Å². The molecule has 0 saturated heterocycles. The molecule has 118 valence electrons. The highest BCUT2D eigenvalue weighted by molar-refractivity contribution is 5.81. The number of esters is 1. The zero-order valence-corrected chi connectivity index (χ0v) is 14.0. The molecular weight excluding hydrogens is 250 g/mol. The molecule has 1 saturated carbocycles. The lowest BCUT2D eigenvalue weighted by Gasteiger charge is -2.34. The highest BCUT2D eigenvalue weighted by Crippen LogP contribution is 2.35. The van der Waals surface area contributed by atoms with Crippen molar-refractivity contribution in [2.45, 2.75) is 84.7 Å². The van der Waals surface area contributed by atoms with Crippen LogP contribution in [0.4, 0.5) is 0 Å². The largest absolute Gasteiger partial charge is 0.465 e. The fourth-order valence-corrected chi connectivity index (χ4v) is 3.28. The Labute approximate surface area is 124 Å². The average molecular weight is 283 g/mol. The number of carbonyl (C=O) groups is 1. The minimum absolute atomic E-state index is 0.0373. The summed E-state index contributed by atoms with van der Waals surface area (Å²) in [7, 11) is 0. The van der Waals surface area contributed by atoms with Gasteiger partial charge in [-0.2, -0.15) is 0 Å². The van der Waals surface area contributed by atoms with Gasteiger partial charge in [0.15, 0.2) is 0 Å². The zero-order valence-electron chi connectivity index (χ0n) is 14.0. The molecule has 1 aliphatic carbocycles. The molecule has 0 amide bonds. The summed E-state index contributed by atoms with van der Waals surface area (Å²) in [4.78, 5) is 12.5. The highest BCUT2D eigenvalue weighted by Gasteiger charge is 2.42. The van der Waals surface area contributed by atoms with E-state index in [1.54, 1.807) is 0 Å². The first kappa shape index (κ1) is 17.5. The molecule has 1 rings (SSSR count). The van der Waals surface area contributed by atoms with Gasteiger partial charge in [-0.1, -0.05) is 33.6 Å². The van der Waals surface area contributed by atoms with Crippen LogP contribution in [-0.2, 0) is 9.53 Å². The summed E-state index contributed by atoms with van der Waals surface area (Å²) in [6.07, 6.45) is 6.35. The lowest BCUT2D eigenvalue weighted by atomic mass is 9.86. The summed E-state index contributed by atoms with van der Waals surface area (Å²) in [5.41, 5.74) is -0.449. The van der Waals surface area contributed by atoms with Gasteiger partial charge in [-0.15, -0.1) is 0 Å². The summed E-state index contributed by atoms with van der Waals surface area (Å²) in [5.74, 6) is 1.41. The average Bonchev–Trinajstić information content (AvgIpc) is 2.62. The first-order valence-electron chi connectivity index (χ1n) is 8.40. The van der Waals surface area contributed by atoms with Crippen LogP contribution in [0.1, 0.15) is 73.1 Å². The van der Waals surface area contributed by atoms with Gasteiger partial charge in [0.05, 0.1) is 6.61 Å². The third-order valence-corrected chi connectivity index (χ3v) is 4.86. The molecule has 3 atom stereocenters. The van der Waals surface area contributed by atoms with Crippen LogP contribution >= 0.6 is 0 Å². The van der Waals surface area contributed by atoms with Gasteiger partial charge in [-0.25, -0.2) is 0 Å². The van der Waals surface area contributed by atoms with E-state index in [0.29, 0.717) is 18.6 Å². The number of ether oxygens (including phenoxy) is 1. The molecule has 0 aromatic rings. The fourth-order valence-electron chi connectivity index (χ4n) is 3.28. The van der Waals surface area contributed by atoms with Crippen molar-refractivity contribution in [2.75, 3.05) is 6.61 Å². The standard InChI is InChI=1S/C17H33NO2/c1-6-14(5)18-17(16(19)20-7-2)11-8-9-15(10-12-17)13(3)4/h13-15,18H,6-12H2,1-5H3. The topological polar surface area (TPSA) is 38.3 Å². The van der Waals surface area contributed by atoms with E-state index in [4.69, 9.17) is 4.74 Å². The Hall–Kier alpha value is -0.570. The van der Waals surface area contributed by atoms with E-state index in [1.165, 1.54) is 6.42 Å². The van der Waals surface area contributed by atoms with Gasteiger partial charge in [-0.3, -0.25) is 10.1 Å². The van der Waals surface area contributed by atoms with E-state index >= 15 is 0 Å². The zero-order chi connectivity index (χ0) is 15.2. The van der Waals surface area contributed by atoms with Gasteiger partial charge in [-0.05, 0) is 51.4 Å². The molecule has 0 radical (unpaired) electrons. The minimum atomic E-state index is -0.449. The van der Waals surface area contributed by atoms with Crippen LogP contribution in [0.2, 0.25) is 0 Å². The Bertz CT molecular complexity index is 303. The van der Waals surface area contributed by atoms with Crippen LogP contribution in [0.25, 0.3) is 0 Å². The van der Waals surface area contributed by atoms with Crippen LogP contribution < -0.4 is 5.32 Å². The quantitative estimate of drug-likeness (QED) is 0.593. The first-order chi connectivity index (χ1) is 9.45. The summed E-state index contributed by atoms with van der Waals surface area (Å²) < 4.78 is 5.38. The summed E-state index contributed by atoms with van der Waals surface area (Å²) in [6.45, 7) is 11.3. The predicted molar refractivity (Wildman–Crippen MR) is 83.7 cm³/mol. The Morgan fingerprint density at radius 2 is 1.95 bits per heavy atom. The number of hydrogen-bond donors (Lipinski definition) is 1. The lowest BCUT2D eigenvalue weighted by Crippen LogP contribution is -2.55. The normalized spacial score (nSPS) is 29.0. The molecule has 0 aliphatic heterocycles.